The first-order valence-electron chi connectivity index (χ1n) is 3.28. The summed E-state index contributed by atoms with van der Waals surface area (Å²) in [4.78, 5) is 3.68. The number of nitrogens with zero attached hydrogens (tertiary/aromatic N) is 1. The molecule has 0 amide bonds. The first-order valence-corrected chi connectivity index (χ1v) is 4.61. The highest BCUT2D eigenvalue weighted by molar-refractivity contribution is 9.10. The Bertz CT molecular complexity index is 322. The zero-order valence-corrected chi connectivity index (χ0v) is 8.61. The summed E-state index contributed by atoms with van der Waals surface area (Å²) in [6, 6.07) is 0. The minimum absolute atomic E-state index is 0.0557. The number of hydrogen-bond acceptors (Lipinski definition) is 2. The van der Waals surface area contributed by atoms with E-state index >= 15 is 0 Å². The van der Waals surface area contributed by atoms with Gasteiger partial charge in [-0.25, -0.2) is 8.78 Å². The van der Waals surface area contributed by atoms with Crippen molar-refractivity contribution in [2.24, 2.45) is 0 Å². The molecular formula is C7H5BrClF2NO. The van der Waals surface area contributed by atoms with Crippen LogP contribution in [0.5, 0.6) is 5.75 Å². The molecule has 0 aromatic carbocycles. The summed E-state index contributed by atoms with van der Waals surface area (Å²) >= 11 is 8.24. The van der Waals surface area contributed by atoms with Crippen molar-refractivity contribution in [3.05, 3.63) is 21.9 Å². The number of pyridine rings is 1. The van der Waals surface area contributed by atoms with Crippen LogP contribution in [0, 0.1) is 0 Å². The summed E-state index contributed by atoms with van der Waals surface area (Å²) in [7, 11) is 0. The molecule has 0 aliphatic rings. The molecule has 1 rings (SSSR count). The lowest BCUT2D eigenvalue weighted by Crippen LogP contribution is -1.94. The molecule has 13 heavy (non-hydrogen) atoms. The Morgan fingerprint density at radius 1 is 1.62 bits per heavy atom. The van der Waals surface area contributed by atoms with Gasteiger partial charge in [0.15, 0.2) is 0 Å². The summed E-state index contributed by atoms with van der Waals surface area (Å²) in [5, 5.41) is 9.28. The third kappa shape index (κ3) is 2.08. The van der Waals surface area contributed by atoms with Crippen LogP contribution in [0.1, 0.15) is 17.7 Å². The fourth-order valence-corrected chi connectivity index (χ4v) is 1.50. The highest BCUT2D eigenvalue weighted by atomic mass is 79.9. The molecule has 0 radical (unpaired) electrons. The summed E-state index contributed by atoms with van der Waals surface area (Å²) in [6.07, 6.45) is -1.56. The Labute approximate surface area is 86.7 Å². The summed E-state index contributed by atoms with van der Waals surface area (Å²) < 4.78 is 24.8. The van der Waals surface area contributed by atoms with Crippen molar-refractivity contribution in [3.8, 4) is 5.75 Å². The molecule has 0 aliphatic heterocycles. The highest BCUT2D eigenvalue weighted by Crippen LogP contribution is 2.36. The maximum atomic E-state index is 12.3. The van der Waals surface area contributed by atoms with E-state index in [9.17, 15) is 13.9 Å². The van der Waals surface area contributed by atoms with E-state index in [2.05, 4.69) is 20.9 Å². The predicted molar refractivity (Wildman–Crippen MR) is 48.1 cm³/mol. The summed E-state index contributed by atoms with van der Waals surface area (Å²) in [6.45, 7) is 0. The lowest BCUT2D eigenvalue weighted by atomic mass is 10.2. The molecule has 6 heteroatoms. The van der Waals surface area contributed by atoms with Gasteiger partial charge in [0.1, 0.15) is 5.75 Å². The van der Waals surface area contributed by atoms with Crippen molar-refractivity contribution < 1.29 is 13.9 Å². The largest absolute Gasteiger partial charge is 0.505 e. The second kappa shape index (κ2) is 4.19. The Kier molecular flexibility index (Phi) is 3.44. The zero-order valence-electron chi connectivity index (χ0n) is 6.27. The van der Waals surface area contributed by atoms with Crippen LogP contribution in [-0.4, -0.2) is 10.1 Å². The van der Waals surface area contributed by atoms with E-state index in [1.54, 1.807) is 0 Å². The van der Waals surface area contributed by atoms with Crippen molar-refractivity contribution in [2.45, 2.75) is 12.3 Å². The fraction of sp³-hybridized carbons (Fsp3) is 0.286. The second-order valence-electron chi connectivity index (χ2n) is 2.25. The molecule has 0 aliphatic carbocycles. The van der Waals surface area contributed by atoms with Gasteiger partial charge in [-0.2, -0.15) is 0 Å². The van der Waals surface area contributed by atoms with Crippen LogP contribution in [-0.2, 0) is 5.88 Å². The lowest BCUT2D eigenvalue weighted by molar-refractivity contribution is 0.146. The third-order valence-corrected chi connectivity index (χ3v) is 2.35. The second-order valence-corrected chi connectivity index (χ2v) is 3.37. The Hall–Kier alpha value is -0.420. The average Bonchev–Trinajstić information content (AvgIpc) is 2.04. The van der Waals surface area contributed by atoms with Crippen molar-refractivity contribution in [1.82, 2.24) is 4.98 Å². The van der Waals surface area contributed by atoms with Crippen LogP contribution in [0.15, 0.2) is 10.7 Å². The molecule has 72 valence electrons. The van der Waals surface area contributed by atoms with Gasteiger partial charge >= 0.3 is 0 Å². The van der Waals surface area contributed by atoms with Crippen LogP contribution >= 0.6 is 27.5 Å². The van der Waals surface area contributed by atoms with E-state index in [4.69, 9.17) is 11.6 Å². The Morgan fingerprint density at radius 2 is 2.23 bits per heavy atom. The maximum Gasteiger partial charge on any atom is 0.268 e. The normalized spacial score (nSPS) is 10.8. The minimum Gasteiger partial charge on any atom is -0.505 e. The van der Waals surface area contributed by atoms with Gasteiger partial charge in [-0.15, -0.1) is 11.6 Å². The number of halogens is 4. The molecule has 0 bridgehead atoms. The van der Waals surface area contributed by atoms with Gasteiger partial charge in [-0.05, 0) is 15.9 Å². The van der Waals surface area contributed by atoms with Crippen LogP contribution < -0.4 is 0 Å². The van der Waals surface area contributed by atoms with Crippen molar-refractivity contribution in [2.75, 3.05) is 0 Å². The van der Waals surface area contributed by atoms with Crippen molar-refractivity contribution in [1.29, 1.82) is 0 Å². The molecule has 0 saturated carbocycles. The first-order chi connectivity index (χ1) is 6.07. The van der Waals surface area contributed by atoms with Gasteiger partial charge < -0.3 is 5.11 Å². The fourth-order valence-electron chi connectivity index (χ4n) is 0.839. The van der Waals surface area contributed by atoms with Crippen molar-refractivity contribution >= 4 is 27.5 Å². The molecule has 1 aromatic rings. The molecule has 0 spiro atoms. The van der Waals surface area contributed by atoms with Crippen molar-refractivity contribution in [3.63, 3.8) is 0 Å². The monoisotopic (exact) mass is 271 g/mol. The topological polar surface area (TPSA) is 33.1 Å². The lowest BCUT2D eigenvalue weighted by Gasteiger charge is -2.07. The van der Waals surface area contributed by atoms with E-state index < -0.39 is 17.7 Å². The SMILES string of the molecule is Oc1c(CCl)ncc(Br)c1C(F)F. The van der Waals surface area contributed by atoms with E-state index in [0.717, 1.165) is 0 Å². The summed E-state index contributed by atoms with van der Waals surface area (Å²) in [5.74, 6) is -0.641. The van der Waals surface area contributed by atoms with E-state index in [1.807, 2.05) is 0 Å². The van der Waals surface area contributed by atoms with Gasteiger partial charge in [0.2, 0.25) is 0 Å². The molecule has 0 saturated heterocycles. The molecule has 0 fully saturated rings. The van der Waals surface area contributed by atoms with Crippen LogP contribution in [0.4, 0.5) is 8.78 Å². The molecule has 1 aromatic heterocycles. The smallest absolute Gasteiger partial charge is 0.268 e. The van der Waals surface area contributed by atoms with Gasteiger partial charge in [0.25, 0.3) is 6.43 Å². The first kappa shape index (κ1) is 10.7. The van der Waals surface area contributed by atoms with E-state index in [-0.39, 0.29) is 16.0 Å². The van der Waals surface area contributed by atoms with Gasteiger partial charge in [0.05, 0.1) is 17.1 Å². The molecule has 1 N–H and O–H groups in total. The molecule has 0 atom stereocenters. The third-order valence-electron chi connectivity index (χ3n) is 1.46. The molecule has 2 nitrogen and oxygen atoms in total. The van der Waals surface area contributed by atoms with E-state index in [1.165, 1.54) is 6.20 Å². The van der Waals surface area contributed by atoms with Gasteiger partial charge in [-0.1, -0.05) is 0 Å². The van der Waals surface area contributed by atoms with Crippen LogP contribution in [0.25, 0.3) is 0 Å². The summed E-state index contributed by atoms with van der Waals surface area (Å²) in [5.41, 5.74) is -0.411. The molecular weight excluding hydrogens is 267 g/mol. The minimum atomic E-state index is -2.75. The van der Waals surface area contributed by atoms with Gasteiger partial charge in [0, 0.05) is 10.7 Å². The number of aromatic nitrogens is 1. The Balaban J connectivity index is 3.30. The molecule has 0 unspecified atom stereocenters. The number of alkyl halides is 3. The number of aromatic hydroxyl groups is 1. The van der Waals surface area contributed by atoms with E-state index in [0.29, 0.717) is 0 Å². The molecule has 1 heterocycles. The maximum absolute atomic E-state index is 12.3. The van der Waals surface area contributed by atoms with Crippen LogP contribution in [0.2, 0.25) is 0 Å². The number of rotatable bonds is 2. The predicted octanol–water partition coefficient (Wildman–Crippen LogP) is 3.23. The van der Waals surface area contributed by atoms with Gasteiger partial charge in [-0.3, -0.25) is 4.98 Å². The average molecular weight is 272 g/mol. The highest BCUT2D eigenvalue weighted by Gasteiger charge is 2.19. The standard InChI is InChI=1S/C7H5BrClF2NO/c8-3-2-12-4(1-9)6(13)5(3)7(10)11/h2,7,13H,1H2. The zero-order chi connectivity index (χ0) is 10.0. The number of hydrogen-bond donors (Lipinski definition) is 1. The van der Waals surface area contributed by atoms with Crippen LogP contribution in [0.3, 0.4) is 0 Å². The quantitative estimate of drug-likeness (QED) is 0.839. The Morgan fingerprint density at radius 3 is 2.69 bits per heavy atom.